The van der Waals surface area contributed by atoms with Crippen molar-refractivity contribution < 1.29 is 14.3 Å². The average Bonchev–Trinajstić information content (AvgIpc) is 3.32. The number of likely N-dealkylation sites (tertiary alicyclic amines) is 1. The molecule has 0 aromatic carbocycles. The fourth-order valence-corrected chi connectivity index (χ4v) is 5.00. The van der Waals surface area contributed by atoms with Gasteiger partial charge in [0.1, 0.15) is 5.60 Å². The van der Waals surface area contributed by atoms with Crippen molar-refractivity contribution in [2.75, 3.05) is 25.0 Å². The van der Waals surface area contributed by atoms with Gasteiger partial charge in [-0.05, 0) is 76.5 Å². The molecule has 0 radical (unpaired) electrons. The summed E-state index contributed by atoms with van der Waals surface area (Å²) in [5.74, 6) is 0.649. The fraction of sp³-hybridized carbons (Fsp3) is 0.500. The number of nitrogens with zero attached hydrogens (tertiary/aromatic N) is 4. The minimum absolute atomic E-state index is 0.107. The van der Waals surface area contributed by atoms with Crippen molar-refractivity contribution in [2.24, 2.45) is 5.92 Å². The lowest BCUT2D eigenvalue weighted by Gasteiger charge is -2.33. The number of hydrogen-bond acceptors (Lipinski definition) is 8. The summed E-state index contributed by atoms with van der Waals surface area (Å²) in [6, 6.07) is 7.53. The molecule has 1 atom stereocenters. The molecule has 4 heterocycles. The Kier molecular flexibility index (Phi) is 8.03. The fourth-order valence-electron chi connectivity index (χ4n) is 4.19. The van der Waals surface area contributed by atoms with Gasteiger partial charge in [0.05, 0.1) is 22.0 Å². The topological polar surface area (TPSA) is 109 Å². The van der Waals surface area contributed by atoms with Crippen molar-refractivity contribution in [1.82, 2.24) is 25.2 Å². The number of anilines is 1. The van der Waals surface area contributed by atoms with Gasteiger partial charge in [0.15, 0.2) is 5.69 Å². The molecule has 0 unspecified atom stereocenters. The Morgan fingerprint density at radius 2 is 1.97 bits per heavy atom. The molecule has 3 aromatic rings. The molecule has 0 saturated carbocycles. The third-order valence-electron chi connectivity index (χ3n) is 6.10. The molecule has 2 N–H and O–H groups in total. The zero-order valence-corrected chi connectivity index (χ0v) is 22.1. The lowest BCUT2D eigenvalue weighted by molar-refractivity contribution is 0.0182. The molecular weight excluding hydrogens is 476 g/mol. The van der Waals surface area contributed by atoms with Crippen LogP contribution in [0.1, 0.15) is 69.2 Å². The second kappa shape index (κ2) is 11.2. The molecule has 0 bridgehead atoms. The van der Waals surface area contributed by atoms with Crippen LogP contribution in [-0.2, 0) is 4.74 Å². The number of piperidine rings is 1. The Balaban J connectivity index is 1.32. The lowest BCUT2D eigenvalue weighted by Crippen LogP contribution is -2.42. The maximum absolute atomic E-state index is 13.1. The van der Waals surface area contributed by atoms with E-state index in [-0.39, 0.29) is 18.0 Å². The van der Waals surface area contributed by atoms with Crippen LogP contribution < -0.4 is 10.6 Å². The van der Waals surface area contributed by atoms with Crippen molar-refractivity contribution in [3.8, 4) is 0 Å². The van der Waals surface area contributed by atoms with E-state index in [4.69, 9.17) is 4.74 Å². The zero-order chi connectivity index (χ0) is 25.7. The molecule has 3 aromatic heterocycles. The van der Waals surface area contributed by atoms with E-state index in [0.717, 1.165) is 35.2 Å². The molecule has 192 valence electrons. The summed E-state index contributed by atoms with van der Waals surface area (Å²) in [6.45, 7) is 9.53. The number of amides is 2. The van der Waals surface area contributed by atoms with E-state index in [1.165, 1.54) is 11.3 Å². The Labute approximate surface area is 215 Å². The van der Waals surface area contributed by atoms with Gasteiger partial charge in [-0.15, -0.1) is 11.3 Å². The van der Waals surface area contributed by atoms with E-state index >= 15 is 0 Å². The van der Waals surface area contributed by atoms with Gasteiger partial charge >= 0.3 is 6.09 Å². The monoisotopic (exact) mass is 510 g/mol. The number of carbonyl (C=O) groups is 2. The van der Waals surface area contributed by atoms with Crippen LogP contribution in [-0.4, -0.2) is 57.1 Å². The molecule has 1 aliphatic heterocycles. The van der Waals surface area contributed by atoms with Crippen molar-refractivity contribution in [3.63, 3.8) is 0 Å². The Hall–Kier alpha value is -3.27. The van der Waals surface area contributed by atoms with Crippen molar-refractivity contribution in [1.29, 1.82) is 0 Å². The highest BCUT2D eigenvalue weighted by Crippen LogP contribution is 2.26. The summed E-state index contributed by atoms with van der Waals surface area (Å²) < 4.78 is 6.24. The number of hydrogen-bond donors (Lipinski definition) is 2. The molecule has 2 amide bonds. The maximum Gasteiger partial charge on any atom is 0.410 e. The number of fused-ring (bicyclic) bond motifs is 1. The van der Waals surface area contributed by atoms with Gasteiger partial charge in [0, 0.05) is 25.8 Å². The largest absolute Gasteiger partial charge is 0.444 e. The summed E-state index contributed by atoms with van der Waals surface area (Å²) in [6.07, 6.45) is 4.15. The van der Waals surface area contributed by atoms with Crippen LogP contribution in [0.4, 0.5) is 10.7 Å². The highest BCUT2D eigenvalue weighted by atomic mass is 32.1. The Bertz CT molecular complexity index is 1190. The summed E-state index contributed by atoms with van der Waals surface area (Å²) in [7, 11) is 0. The zero-order valence-electron chi connectivity index (χ0n) is 21.3. The van der Waals surface area contributed by atoms with E-state index in [0.29, 0.717) is 37.2 Å². The van der Waals surface area contributed by atoms with Gasteiger partial charge in [-0.2, -0.15) is 0 Å². The maximum atomic E-state index is 13.1. The normalized spacial score (nSPS) is 15.5. The quantitative estimate of drug-likeness (QED) is 0.459. The van der Waals surface area contributed by atoms with Crippen molar-refractivity contribution >= 4 is 39.5 Å². The van der Waals surface area contributed by atoms with Crippen LogP contribution in [0.15, 0.2) is 35.8 Å². The molecule has 0 spiro atoms. The first-order chi connectivity index (χ1) is 17.2. The van der Waals surface area contributed by atoms with Crippen LogP contribution in [0.25, 0.3) is 10.2 Å². The van der Waals surface area contributed by atoms with Gasteiger partial charge < -0.3 is 20.3 Å². The standard InChI is InChI=1S/C26H34N6O3S/c1-17(19-7-5-6-12-27-19)29-24-30-20-11-16-36-22(20)21(31-24)23(33)28-13-8-18-9-14-32(15-10-18)25(34)35-26(2,3)4/h5-7,11-12,16-18H,8-10,13-15H2,1-4H3,(H,28,33)(H,29,30,31)/t17-/m0/s1. The number of ether oxygens (including phenoxy) is 1. The molecule has 36 heavy (non-hydrogen) atoms. The van der Waals surface area contributed by atoms with Crippen molar-refractivity contribution in [2.45, 2.75) is 58.6 Å². The second-order valence-electron chi connectivity index (χ2n) is 10.1. The number of rotatable bonds is 7. The van der Waals surface area contributed by atoms with Crippen LogP contribution in [0, 0.1) is 5.92 Å². The summed E-state index contributed by atoms with van der Waals surface area (Å²) in [4.78, 5) is 40.6. The molecule has 9 nitrogen and oxygen atoms in total. The van der Waals surface area contributed by atoms with E-state index in [1.807, 2.05) is 57.3 Å². The first-order valence-corrected chi connectivity index (χ1v) is 13.3. The number of thiophene rings is 1. The molecular formula is C26H34N6O3S. The van der Waals surface area contributed by atoms with Crippen molar-refractivity contribution in [3.05, 3.63) is 47.2 Å². The average molecular weight is 511 g/mol. The summed E-state index contributed by atoms with van der Waals surface area (Å²) in [5, 5.41) is 8.22. The van der Waals surface area contributed by atoms with E-state index in [2.05, 4.69) is 25.6 Å². The lowest BCUT2D eigenvalue weighted by atomic mass is 9.94. The van der Waals surface area contributed by atoms with Crippen LogP contribution in [0.3, 0.4) is 0 Å². The number of nitrogens with one attached hydrogen (secondary N) is 2. The molecule has 10 heteroatoms. The summed E-state index contributed by atoms with van der Waals surface area (Å²) in [5.41, 5.74) is 1.50. The van der Waals surface area contributed by atoms with Gasteiger partial charge in [-0.25, -0.2) is 14.8 Å². The molecule has 1 saturated heterocycles. The highest BCUT2D eigenvalue weighted by molar-refractivity contribution is 7.17. The number of carbonyl (C=O) groups excluding carboxylic acids is 2. The minimum atomic E-state index is -0.487. The van der Waals surface area contributed by atoms with Gasteiger partial charge in [-0.1, -0.05) is 6.07 Å². The third kappa shape index (κ3) is 6.69. The first kappa shape index (κ1) is 25.8. The highest BCUT2D eigenvalue weighted by Gasteiger charge is 2.27. The van der Waals surface area contributed by atoms with Crippen LogP contribution >= 0.6 is 11.3 Å². The van der Waals surface area contributed by atoms with Gasteiger partial charge in [0.2, 0.25) is 5.95 Å². The Morgan fingerprint density at radius 3 is 2.67 bits per heavy atom. The van der Waals surface area contributed by atoms with E-state index < -0.39 is 5.60 Å². The number of pyridine rings is 1. The molecule has 0 aliphatic carbocycles. The van der Waals surface area contributed by atoms with Crippen LogP contribution in [0.5, 0.6) is 0 Å². The van der Waals surface area contributed by atoms with E-state index in [9.17, 15) is 9.59 Å². The second-order valence-corrected chi connectivity index (χ2v) is 11.0. The predicted octanol–water partition coefficient (Wildman–Crippen LogP) is 5.03. The smallest absolute Gasteiger partial charge is 0.410 e. The number of aromatic nitrogens is 3. The molecule has 4 rings (SSSR count). The molecule has 1 fully saturated rings. The minimum Gasteiger partial charge on any atom is -0.444 e. The van der Waals surface area contributed by atoms with E-state index in [1.54, 1.807) is 11.1 Å². The SMILES string of the molecule is C[C@H](Nc1nc(C(=O)NCCC2CCN(C(=O)OC(C)(C)C)CC2)c2sccc2n1)c1ccccn1. The summed E-state index contributed by atoms with van der Waals surface area (Å²) >= 11 is 1.46. The first-order valence-electron chi connectivity index (χ1n) is 12.4. The Morgan fingerprint density at radius 1 is 1.19 bits per heavy atom. The predicted molar refractivity (Wildman–Crippen MR) is 141 cm³/mol. The van der Waals surface area contributed by atoms with Gasteiger partial charge in [0.25, 0.3) is 5.91 Å². The van der Waals surface area contributed by atoms with Crippen LogP contribution in [0.2, 0.25) is 0 Å². The van der Waals surface area contributed by atoms with Gasteiger partial charge in [-0.3, -0.25) is 9.78 Å². The molecule has 1 aliphatic rings. The third-order valence-corrected chi connectivity index (χ3v) is 7.01.